The molecule has 1 aromatic carbocycles. The fourth-order valence-electron chi connectivity index (χ4n) is 2.87. The lowest BCUT2D eigenvalue weighted by molar-refractivity contribution is -0.134. The second-order valence-corrected chi connectivity index (χ2v) is 5.72. The van der Waals surface area contributed by atoms with E-state index in [1.54, 1.807) is 22.7 Å². The van der Waals surface area contributed by atoms with Crippen LogP contribution in [0.2, 0.25) is 0 Å². The first-order chi connectivity index (χ1) is 12.1. The largest absolute Gasteiger partial charge is 0.454 e. The molecule has 1 aliphatic heterocycles. The molecule has 0 atom stereocenters. The van der Waals surface area contributed by atoms with E-state index in [4.69, 9.17) is 14.2 Å². The van der Waals surface area contributed by atoms with Crippen molar-refractivity contribution in [3.8, 4) is 17.2 Å². The first-order valence-electron chi connectivity index (χ1n) is 7.88. The Kier molecular flexibility index (Phi) is 3.72. The average Bonchev–Trinajstić information content (AvgIpc) is 3.22. The van der Waals surface area contributed by atoms with Crippen molar-refractivity contribution in [2.75, 3.05) is 6.79 Å². The number of hydrogen-bond acceptors (Lipinski definition) is 7. The summed E-state index contributed by atoms with van der Waals surface area (Å²) in [5.74, 6) is 1.90. The molecule has 0 radical (unpaired) electrons. The van der Waals surface area contributed by atoms with Gasteiger partial charge in [-0.15, -0.1) is 0 Å². The second-order valence-electron chi connectivity index (χ2n) is 5.72. The van der Waals surface area contributed by atoms with E-state index in [0.717, 1.165) is 17.0 Å². The molecule has 8 heteroatoms. The van der Waals surface area contributed by atoms with Crippen LogP contribution in [0, 0.1) is 13.8 Å². The first kappa shape index (κ1) is 15.4. The summed E-state index contributed by atoms with van der Waals surface area (Å²) in [4.78, 5) is 20.7. The number of carbonyl (C=O) groups excluding carboxylic acids is 1. The lowest BCUT2D eigenvalue weighted by atomic mass is 10.1. The van der Waals surface area contributed by atoms with Crippen molar-refractivity contribution in [3.63, 3.8) is 0 Å². The minimum absolute atomic E-state index is 0.184. The van der Waals surface area contributed by atoms with Crippen molar-refractivity contribution < 1.29 is 19.0 Å². The molecule has 0 fully saturated rings. The number of esters is 1. The molecule has 3 heterocycles. The zero-order chi connectivity index (χ0) is 17.4. The molecule has 8 nitrogen and oxygen atoms in total. The Morgan fingerprint density at radius 1 is 1.28 bits per heavy atom. The zero-order valence-electron chi connectivity index (χ0n) is 13.9. The summed E-state index contributed by atoms with van der Waals surface area (Å²) in [6.45, 7) is 4.03. The van der Waals surface area contributed by atoms with E-state index < -0.39 is 0 Å². The number of aromatic nitrogens is 4. The molecular formula is C17H16N4O4. The lowest BCUT2D eigenvalue weighted by Gasteiger charge is -2.10. The average molecular weight is 340 g/mol. The third-order valence-corrected chi connectivity index (χ3v) is 4.14. The minimum Gasteiger partial charge on any atom is -0.454 e. The number of fused-ring (bicyclic) bond motifs is 2. The molecule has 0 unspecified atom stereocenters. The minimum atomic E-state index is -0.323. The standard InChI is InChI=1S/C17H16N4O4/c1-10-13(11(2)21-17(20-10)18-8-19-21)4-6-16(22)25-12-3-5-14-15(7-12)24-9-23-14/h3,5,7-8H,4,6,9H2,1-2H3. The topological polar surface area (TPSA) is 87.8 Å². The summed E-state index contributed by atoms with van der Waals surface area (Å²) < 4.78 is 17.6. The van der Waals surface area contributed by atoms with E-state index in [0.29, 0.717) is 29.4 Å². The number of hydrogen-bond donors (Lipinski definition) is 0. The van der Waals surface area contributed by atoms with Crippen LogP contribution in [0.1, 0.15) is 23.4 Å². The lowest BCUT2D eigenvalue weighted by Crippen LogP contribution is -2.12. The van der Waals surface area contributed by atoms with E-state index in [9.17, 15) is 4.79 Å². The fourth-order valence-corrected chi connectivity index (χ4v) is 2.87. The quantitative estimate of drug-likeness (QED) is 0.530. The first-order valence-corrected chi connectivity index (χ1v) is 7.88. The molecule has 0 N–H and O–H groups in total. The van der Waals surface area contributed by atoms with Gasteiger partial charge in [0.25, 0.3) is 5.78 Å². The fraction of sp³-hybridized carbons (Fsp3) is 0.294. The Bertz CT molecular complexity index is 967. The summed E-state index contributed by atoms with van der Waals surface area (Å²) in [6, 6.07) is 5.06. The Balaban J connectivity index is 1.45. The van der Waals surface area contributed by atoms with Gasteiger partial charge in [0.2, 0.25) is 6.79 Å². The molecule has 0 amide bonds. The van der Waals surface area contributed by atoms with E-state index in [2.05, 4.69) is 15.1 Å². The van der Waals surface area contributed by atoms with Gasteiger partial charge in [-0.25, -0.2) is 9.50 Å². The Morgan fingerprint density at radius 2 is 2.12 bits per heavy atom. The summed E-state index contributed by atoms with van der Waals surface area (Å²) in [7, 11) is 0. The molecular weight excluding hydrogens is 324 g/mol. The van der Waals surface area contributed by atoms with Crippen LogP contribution in [-0.4, -0.2) is 32.3 Å². The SMILES string of the molecule is Cc1nc2ncnn2c(C)c1CCC(=O)Oc1ccc2c(c1)OCO2. The molecule has 3 aromatic rings. The Labute approximate surface area is 143 Å². The predicted octanol–water partition coefficient (Wildman–Crippen LogP) is 2.01. The van der Waals surface area contributed by atoms with Gasteiger partial charge in [-0.05, 0) is 38.0 Å². The number of aryl methyl sites for hydroxylation is 2. The maximum atomic E-state index is 12.2. The molecule has 0 aliphatic carbocycles. The van der Waals surface area contributed by atoms with Crippen LogP contribution in [0.3, 0.4) is 0 Å². The van der Waals surface area contributed by atoms with E-state index in [1.807, 2.05) is 13.8 Å². The molecule has 4 rings (SSSR count). The van der Waals surface area contributed by atoms with Gasteiger partial charge in [-0.2, -0.15) is 10.1 Å². The zero-order valence-corrected chi connectivity index (χ0v) is 13.9. The molecule has 2 aromatic heterocycles. The van der Waals surface area contributed by atoms with Crippen molar-refractivity contribution in [1.29, 1.82) is 0 Å². The summed E-state index contributed by atoms with van der Waals surface area (Å²) in [6.07, 6.45) is 2.22. The van der Waals surface area contributed by atoms with Crippen LogP contribution < -0.4 is 14.2 Å². The van der Waals surface area contributed by atoms with E-state index in [1.165, 1.54) is 6.33 Å². The highest BCUT2D eigenvalue weighted by atomic mass is 16.7. The predicted molar refractivity (Wildman–Crippen MR) is 86.8 cm³/mol. The van der Waals surface area contributed by atoms with Gasteiger partial charge in [-0.3, -0.25) is 4.79 Å². The molecule has 25 heavy (non-hydrogen) atoms. The van der Waals surface area contributed by atoms with Crippen LogP contribution >= 0.6 is 0 Å². The molecule has 0 bridgehead atoms. The van der Waals surface area contributed by atoms with Crippen LogP contribution in [0.15, 0.2) is 24.5 Å². The van der Waals surface area contributed by atoms with Crippen molar-refractivity contribution >= 4 is 11.7 Å². The highest BCUT2D eigenvalue weighted by Crippen LogP contribution is 2.35. The Morgan fingerprint density at radius 3 is 3.00 bits per heavy atom. The monoisotopic (exact) mass is 340 g/mol. The molecule has 0 spiro atoms. The van der Waals surface area contributed by atoms with Crippen molar-refractivity contribution in [2.24, 2.45) is 0 Å². The van der Waals surface area contributed by atoms with Gasteiger partial charge < -0.3 is 14.2 Å². The second kappa shape index (κ2) is 6.04. The molecule has 0 saturated carbocycles. The van der Waals surface area contributed by atoms with Gasteiger partial charge in [0.15, 0.2) is 11.5 Å². The van der Waals surface area contributed by atoms with Crippen LogP contribution in [0.5, 0.6) is 17.2 Å². The van der Waals surface area contributed by atoms with E-state index in [-0.39, 0.29) is 19.2 Å². The molecule has 0 saturated heterocycles. The maximum Gasteiger partial charge on any atom is 0.311 e. The number of rotatable bonds is 4. The number of carbonyl (C=O) groups is 1. The third kappa shape index (κ3) is 2.86. The molecule has 1 aliphatic rings. The van der Waals surface area contributed by atoms with Crippen molar-refractivity contribution in [2.45, 2.75) is 26.7 Å². The Hall–Kier alpha value is -3.16. The van der Waals surface area contributed by atoms with Gasteiger partial charge in [-0.1, -0.05) is 0 Å². The number of ether oxygens (including phenoxy) is 3. The van der Waals surface area contributed by atoms with Crippen molar-refractivity contribution in [1.82, 2.24) is 19.6 Å². The van der Waals surface area contributed by atoms with Crippen molar-refractivity contribution in [3.05, 3.63) is 41.5 Å². The van der Waals surface area contributed by atoms with Crippen LogP contribution in [-0.2, 0) is 11.2 Å². The van der Waals surface area contributed by atoms with Gasteiger partial charge >= 0.3 is 5.97 Å². The third-order valence-electron chi connectivity index (χ3n) is 4.14. The highest BCUT2D eigenvalue weighted by molar-refractivity contribution is 5.73. The van der Waals surface area contributed by atoms with Gasteiger partial charge in [0, 0.05) is 17.5 Å². The number of benzene rings is 1. The van der Waals surface area contributed by atoms with E-state index >= 15 is 0 Å². The molecule has 128 valence electrons. The summed E-state index contributed by atoms with van der Waals surface area (Å²) in [5, 5.41) is 4.15. The normalized spacial score (nSPS) is 12.6. The maximum absolute atomic E-state index is 12.2. The van der Waals surface area contributed by atoms with Crippen LogP contribution in [0.25, 0.3) is 5.78 Å². The van der Waals surface area contributed by atoms with Gasteiger partial charge in [0.1, 0.15) is 12.1 Å². The smallest absolute Gasteiger partial charge is 0.311 e. The summed E-state index contributed by atoms with van der Waals surface area (Å²) in [5.41, 5.74) is 2.74. The van der Waals surface area contributed by atoms with Crippen LogP contribution in [0.4, 0.5) is 0 Å². The number of nitrogens with zero attached hydrogens (tertiary/aromatic N) is 4. The highest BCUT2D eigenvalue weighted by Gasteiger charge is 2.16. The summed E-state index contributed by atoms with van der Waals surface area (Å²) >= 11 is 0. The van der Waals surface area contributed by atoms with Gasteiger partial charge in [0.05, 0.1) is 6.42 Å².